The quantitative estimate of drug-likeness (QED) is 0.425. The number of halogens is 5. The van der Waals surface area contributed by atoms with Crippen LogP contribution in [0.25, 0.3) is 0 Å². The van der Waals surface area contributed by atoms with Gasteiger partial charge in [-0.25, -0.2) is 8.42 Å². The molecule has 0 saturated heterocycles. The van der Waals surface area contributed by atoms with Crippen LogP contribution in [0.15, 0.2) is 65.6 Å². The molecule has 3 aromatic carbocycles. The second-order valence-electron chi connectivity index (χ2n) is 6.77. The fourth-order valence-corrected chi connectivity index (χ4v) is 4.40. The van der Waals surface area contributed by atoms with Crippen molar-refractivity contribution in [3.05, 3.63) is 87.4 Å². The van der Waals surface area contributed by atoms with Crippen LogP contribution in [0.5, 0.6) is 0 Å². The maximum atomic E-state index is 12.9. The van der Waals surface area contributed by atoms with Gasteiger partial charge in [0.2, 0.25) is 0 Å². The van der Waals surface area contributed by atoms with Crippen molar-refractivity contribution in [1.82, 2.24) is 0 Å². The summed E-state index contributed by atoms with van der Waals surface area (Å²) in [4.78, 5) is 12.5. The number of anilines is 2. The van der Waals surface area contributed by atoms with E-state index in [0.717, 1.165) is 24.3 Å². The van der Waals surface area contributed by atoms with Gasteiger partial charge in [-0.3, -0.25) is 9.52 Å². The average molecular weight is 503 g/mol. The zero-order valence-corrected chi connectivity index (χ0v) is 18.6. The zero-order valence-electron chi connectivity index (χ0n) is 16.3. The van der Waals surface area contributed by atoms with Crippen LogP contribution < -0.4 is 10.0 Å². The molecule has 1 amide bonds. The van der Waals surface area contributed by atoms with Crippen LogP contribution in [0.2, 0.25) is 10.0 Å². The van der Waals surface area contributed by atoms with Crippen LogP contribution in [-0.4, -0.2) is 14.3 Å². The first-order valence-electron chi connectivity index (χ1n) is 8.93. The highest BCUT2D eigenvalue weighted by Crippen LogP contribution is 2.31. The van der Waals surface area contributed by atoms with E-state index in [0.29, 0.717) is 5.56 Å². The molecule has 0 aliphatic heterocycles. The predicted octanol–water partition coefficient (Wildman–Crippen LogP) is 6.37. The van der Waals surface area contributed by atoms with Gasteiger partial charge in [0.25, 0.3) is 15.9 Å². The molecule has 168 valence electrons. The first-order valence-corrected chi connectivity index (χ1v) is 11.2. The highest BCUT2D eigenvalue weighted by molar-refractivity contribution is 7.92. The molecule has 32 heavy (non-hydrogen) atoms. The number of nitrogens with one attached hydrogen (secondary N) is 2. The number of carbonyl (C=O) groups is 1. The smallest absolute Gasteiger partial charge is 0.322 e. The van der Waals surface area contributed by atoms with Crippen molar-refractivity contribution in [3.8, 4) is 0 Å². The van der Waals surface area contributed by atoms with Crippen molar-refractivity contribution >= 4 is 50.5 Å². The number of aryl methyl sites for hydroxylation is 1. The van der Waals surface area contributed by atoms with Crippen LogP contribution in [0.4, 0.5) is 24.5 Å². The van der Waals surface area contributed by atoms with Crippen molar-refractivity contribution in [2.45, 2.75) is 18.0 Å². The highest BCUT2D eigenvalue weighted by atomic mass is 35.5. The third kappa shape index (κ3) is 5.73. The van der Waals surface area contributed by atoms with Gasteiger partial charge in [-0.15, -0.1) is 0 Å². The van der Waals surface area contributed by atoms with Crippen molar-refractivity contribution in [2.24, 2.45) is 0 Å². The van der Waals surface area contributed by atoms with E-state index >= 15 is 0 Å². The van der Waals surface area contributed by atoms with Crippen molar-refractivity contribution in [1.29, 1.82) is 0 Å². The molecule has 3 rings (SSSR count). The van der Waals surface area contributed by atoms with E-state index in [2.05, 4.69) is 10.0 Å². The lowest BCUT2D eigenvalue weighted by Crippen LogP contribution is -2.17. The molecule has 0 bridgehead atoms. The van der Waals surface area contributed by atoms with Gasteiger partial charge in [0, 0.05) is 21.3 Å². The predicted molar refractivity (Wildman–Crippen MR) is 118 cm³/mol. The van der Waals surface area contributed by atoms with E-state index < -0.39 is 27.7 Å². The zero-order chi connectivity index (χ0) is 23.7. The maximum Gasteiger partial charge on any atom is 0.416 e. The Morgan fingerprint density at radius 1 is 0.906 bits per heavy atom. The molecular formula is C21H15Cl2F3N2O3S. The van der Waals surface area contributed by atoms with Gasteiger partial charge < -0.3 is 5.32 Å². The van der Waals surface area contributed by atoms with E-state index in [4.69, 9.17) is 23.2 Å². The summed E-state index contributed by atoms with van der Waals surface area (Å²) in [5.74, 6) is -0.760. The van der Waals surface area contributed by atoms with Gasteiger partial charge >= 0.3 is 6.18 Å². The minimum atomic E-state index is -4.57. The Bertz CT molecular complexity index is 1280. The van der Waals surface area contributed by atoms with Crippen LogP contribution in [0.1, 0.15) is 21.5 Å². The summed E-state index contributed by atoms with van der Waals surface area (Å²) >= 11 is 11.8. The summed E-state index contributed by atoms with van der Waals surface area (Å²) < 4.78 is 66.6. The largest absolute Gasteiger partial charge is 0.416 e. The number of sulfonamides is 1. The maximum absolute atomic E-state index is 12.9. The highest BCUT2D eigenvalue weighted by Gasteiger charge is 2.30. The summed E-state index contributed by atoms with van der Waals surface area (Å²) in [6.07, 6.45) is -4.57. The van der Waals surface area contributed by atoms with Gasteiger partial charge in [0.05, 0.1) is 16.1 Å². The van der Waals surface area contributed by atoms with Crippen LogP contribution in [0.3, 0.4) is 0 Å². The molecule has 0 fully saturated rings. The van der Waals surface area contributed by atoms with E-state index in [1.54, 1.807) is 6.92 Å². The lowest BCUT2D eigenvalue weighted by Gasteiger charge is -2.13. The molecule has 0 saturated carbocycles. The van der Waals surface area contributed by atoms with Crippen molar-refractivity contribution in [3.63, 3.8) is 0 Å². The van der Waals surface area contributed by atoms with Gasteiger partial charge in [-0.05, 0) is 61.0 Å². The van der Waals surface area contributed by atoms with E-state index in [9.17, 15) is 26.4 Å². The summed E-state index contributed by atoms with van der Waals surface area (Å²) in [6.45, 7) is 1.57. The Morgan fingerprint density at radius 3 is 2.19 bits per heavy atom. The Kier molecular flexibility index (Phi) is 6.73. The topological polar surface area (TPSA) is 75.3 Å². The van der Waals surface area contributed by atoms with Gasteiger partial charge in [0.1, 0.15) is 0 Å². The fourth-order valence-electron chi connectivity index (χ4n) is 2.81. The van der Waals surface area contributed by atoms with Gasteiger partial charge in [-0.2, -0.15) is 13.2 Å². The van der Waals surface area contributed by atoms with Gasteiger partial charge in [-0.1, -0.05) is 35.3 Å². The van der Waals surface area contributed by atoms with Gasteiger partial charge in [0.15, 0.2) is 0 Å². The molecule has 0 radical (unpaired) electrons. The SMILES string of the molecule is Cc1ccc(S(=O)(=O)Nc2cc(Cl)cc(Cl)c2)cc1C(=O)Nc1cccc(C(F)(F)F)c1. The second-order valence-corrected chi connectivity index (χ2v) is 9.33. The lowest BCUT2D eigenvalue weighted by atomic mass is 10.1. The molecule has 11 heteroatoms. The standard InChI is InChI=1S/C21H15Cl2F3N2O3S/c1-12-5-6-18(32(30,31)28-17-9-14(22)8-15(23)10-17)11-19(12)20(29)27-16-4-2-3-13(7-16)21(24,25)26/h2-11,28H,1H3,(H,27,29). The first-order chi connectivity index (χ1) is 14.8. The molecule has 0 heterocycles. The number of benzene rings is 3. The summed E-state index contributed by atoms with van der Waals surface area (Å²) in [6, 6.07) is 12.1. The molecule has 0 spiro atoms. The molecule has 0 aliphatic rings. The summed E-state index contributed by atoms with van der Waals surface area (Å²) in [5, 5.41) is 2.81. The molecule has 5 nitrogen and oxygen atoms in total. The molecule has 0 atom stereocenters. The average Bonchev–Trinajstić information content (AvgIpc) is 2.66. The minimum absolute atomic E-state index is 0.0191. The number of rotatable bonds is 5. The third-order valence-corrected chi connectivity index (χ3v) is 6.14. The van der Waals surface area contributed by atoms with E-state index in [-0.39, 0.29) is 31.9 Å². The lowest BCUT2D eigenvalue weighted by molar-refractivity contribution is -0.137. The van der Waals surface area contributed by atoms with Crippen LogP contribution in [0, 0.1) is 6.92 Å². The second kappa shape index (κ2) is 9.01. The molecule has 2 N–H and O–H groups in total. The van der Waals surface area contributed by atoms with Crippen LogP contribution >= 0.6 is 23.2 Å². The summed E-state index contributed by atoms with van der Waals surface area (Å²) in [7, 11) is -4.11. The number of carbonyl (C=O) groups excluding carboxylic acids is 1. The molecular weight excluding hydrogens is 488 g/mol. The fraction of sp³-hybridized carbons (Fsp3) is 0.0952. The van der Waals surface area contributed by atoms with Crippen LogP contribution in [-0.2, 0) is 16.2 Å². The number of alkyl halides is 3. The number of hydrogen-bond acceptors (Lipinski definition) is 3. The Balaban J connectivity index is 1.89. The molecule has 0 aromatic heterocycles. The van der Waals surface area contributed by atoms with E-state index in [1.807, 2.05) is 0 Å². The monoisotopic (exact) mass is 502 g/mol. The third-order valence-electron chi connectivity index (χ3n) is 4.33. The van der Waals surface area contributed by atoms with E-state index in [1.165, 1.54) is 36.4 Å². The Hall–Kier alpha value is -2.75. The molecule has 0 aliphatic carbocycles. The summed E-state index contributed by atoms with van der Waals surface area (Å²) in [5.41, 5.74) is -0.469. The first kappa shape index (κ1) is 23.9. The Labute approximate surface area is 192 Å². The minimum Gasteiger partial charge on any atom is -0.322 e. The Morgan fingerprint density at radius 2 is 1.56 bits per heavy atom. The van der Waals surface area contributed by atoms with Crippen molar-refractivity contribution < 1.29 is 26.4 Å². The number of hydrogen-bond donors (Lipinski definition) is 2. The molecule has 0 unspecified atom stereocenters. The number of amides is 1. The van der Waals surface area contributed by atoms with Crippen molar-refractivity contribution in [2.75, 3.05) is 10.0 Å². The molecule has 3 aromatic rings. The normalized spacial score (nSPS) is 11.8.